The van der Waals surface area contributed by atoms with Crippen LogP contribution in [-0.2, 0) is 19.4 Å². The maximum Gasteiger partial charge on any atom is 0.415 e. The van der Waals surface area contributed by atoms with Gasteiger partial charge < -0.3 is 14.5 Å². The van der Waals surface area contributed by atoms with Gasteiger partial charge in [-0.3, -0.25) is 4.98 Å². The van der Waals surface area contributed by atoms with Crippen LogP contribution in [0.1, 0.15) is 41.6 Å². The minimum atomic E-state index is -0.235. The molecule has 0 radical (unpaired) electrons. The highest BCUT2D eigenvalue weighted by Gasteiger charge is 2.24. The Morgan fingerprint density at radius 3 is 2.43 bits per heavy atom. The minimum Gasteiger partial charge on any atom is -0.410 e. The highest BCUT2D eigenvalue weighted by molar-refractivity contribution is 5.70. The Morgan fingerprint density at radius 1 is 0.971 bits per heavy atom. The lowest BCUT2D eigenvalue weighted by Gasteiger charge is -2.32. The molecule has 1 amide bonds. The Hall–Kier alpha value is -3.18. The number of rotatable bonds is 9. The zero-order valence-corrected chi connectivity index (χ0v) is 21.0. The number of likely N-dealkylation sites (tertiary alicyclic amines) is 1. The molecule has 3 aromatic rings. The van der Waals surface area contributed by atoms with Gasteiger partial charge in [0.2, 0.25) is 0 Å². The van der Waals surface area contributed by atoms with Crippen LogP contribution in [-0.4, -0.2) is 47.6 Å². The third-order valence-electron chi connectivity index (χ3n) is 6.98. The van der Waals surface area contributed by atoms with Crippen LogP contribution < -0.4 is 4.74 Å². The van der Waals surface area contributed by atoms with Gasteiger partial charge in [-0.05, 0) is 93.4 Å². The van der Waals surface area contributed by atoms with E-state index in [9.17, 15) is 4.79 Å². The van der Waals surface area contributed by atoms with Crippen LogP contribution in [0.15, 0.2) is 72.9 Å². The Labute approximate surface area is 209 Å². The molecule has 1 saturated heterocycles. The molecule has 1 aliphatic rings. The fourth-order valence-electron chi connectivity index (χ4n) is 4.71. The number of ether oxygens (including phenoxy) is 1. The van der Waals surface area contributed by atoms with E-state index in [1.54, 1.807) is 0 Å². The van der Waals surface area contributed by atoms with Crippen LogP contribution in [0, 0.1) is 12.8 Å². The topological polar surface area (TPSA) is 45.7 Å². The first-order chi connectivity index (χ1) is 17.1. The van der Waals surface area contributed by atoms with Gasteiger partial charge in [0.25, 0.3) is 0 Å². The summed E-state index contributed by atoms with van der Waals surface area (Å²) in [5.74, 6) is 1.27. The lowest BCUT2D eigenvalue weighted by atomic mass is 9.93. The predicted molar refractivity (Wildman–Crippen MR) is 141 cm³/mol. The lowest BCUT2D eigenvalue weighted by Crippen LogP contribution is -2.40. The first-order valence-electron chi connectivity index (χ1n) is 12.8. The molecule has 2 heterocycles. The number of hydrogen-bond donors (Lipinski definition) is 0. The van der Waals surface area contributed by atoms with E-state index in [-0.39, 0.29) is 6.09 Å². The molecule has 184 valence electrons. The molecular formula is C30H37N3O2. The van der Waals surface area contributed by atoms with Crippen molar-refractivity contribution < 1.29 is 9.53 Å². The normalized spacial score (nSPS) is 14.3. The summed E-state index contributed by atoms with van der Waals surface area (Å²) in [5.41, 5.74) is 4.92. The van der Waals surface area contributed by atoms with E-state index in [2.05, 4.69) is 60.3 Å². The van der Waals surface area contributed by atoms with Crippen LogP contribution in [0.3, 0.4) is 0 Å². The van der Waals surface area contributed by atoms with Crippen LogP contribution in [0.25, 0.3) is 0 Å². The van der Waals surface area contributed by atoms with Gasteiger partial charge in [0.05, 0.1) is 0 Å². The van der Waals surface area contributed by atoms with Crippen LogP contribution in [0.4, 0.5) is 4.79 Å². The van der Waals surface area contributed by atoms with Crippen molar-refractivity contribution in [1.82, 2.24) is 14.8 Å². The monoisotopic (exact) mass is 471 g/mol. The summed E-state index contributed by atoms with van der Waals surface area (Å²) in [5, 5.41) is 0. The highest BCUT2D eigenvalue weighted by Crippen LogP contribution is 2.23. The van der Waals surface area contributed by atoms with Gasteiger partial charge in [0, 0.05) is 31.5 Å². The summed E-state index contributed by atoms with van der Waals surface area (Å²) in [7, 11) is 2.18. The number of nitrogens with zero attached hydrogens (tertiary/aromatic N) is 3. The van der Waals surface area contributed by atoms with Gasteiger partial charge in [-0.15, -0.1) is 0 Å². The summed E-state index contributed by atoms with van der Waals surface area (Å²) >= 11 is 0. The summed E-state index contributed by atoms with van der Waals surface area (Å²) in [4.78, 5) is 21.4. The highest BCUT2D eigenvalue weighted by atomic mass is 16.6. The van der Waals surface area contributed by atoms with Crippen molar-refractivity contribution in [3.63, 3.8) is 0 Å². The summed E-state index contributed by atoms with van der Waals surface area (Å²) in [6, 6.07) is 22.5. The average molecular weight is 472 g/mol. The second-order valence-electron chi connectivity index (χ2n) is 9.72. The second kappa shape index (κ2) is 12.5. The standard InChI is InChI=1S/C30H37N3O2/c1-24-7-6-19-31-29(24)15-12-25-10-13-28(14-11-25)35-30(34)33-21-17-26(18-22-33)16-20-32(2)23-27-8-4-3-5-9-27/h3-11,13-14,19,26H,12,15-18,20-23H2,1-2H3. The fourth-order valence-corrected chi connectivity index (χ4v) is 4.71. The van der Waals surface area contributed by atoms with E-state index in [1.807, 2.05) is 41.4 Å². The average Bonchev–Trinajstić information content (AvgIpc) is 2.89. The van der Waals surface area contributed by atoms with Crippen molar-refractivity contribution in [3.8, 4) is 5.75 Å². The number of carbonyl (C=O) groups is 1. The number of aromatic nitrogens is 1. The Kier molecular flexibility index (Phi) is 8.90. The Balaban J connectivity index is 1.16. The number of piperidine rings is 1. The van der Waals surface area contributed by atoms with Gasteiger partial charge >= 0.3 is 6.09 Å². The molecule has 35 heavy (non-hydrogen) atoms. The van der Waals surface area contributed by atoms with Gasteiger partial charge in [-0.25, -0.2) is 4.79 Å². The van der Waals surface area contributed by atoms with Crippen molar-refractivity contribution in [3.05, 3.63) is 95.3 Å². The van der Waals surface area contributed by atoms with Crippen LogP contribution >= 0.6 is 0 Å². The SMILES string of the molecule is Cc1cccnc1CCc1ccc(OC(=O)N2CCC(CCN(C)Cc3ccccc3)CC2)cc1. The first-order valence-corrected chi connectivity index (χ1v) is 12.8. The third-order valence-corrected chi connectivity index (χ3v) is 6.98. The number of hydrogen-bond acceptors (Lipinski definition) is 4. The first kappa shape index (κ1) is 24.9. The van der Waals surface area contributed by atoms with Gasteiger partial charge in [0.15, 0.2) is 0 Å². The Morgan fingerprint density at radius 2 is 1.71 bits per heavy atom. The van der Waals surface area contributed by atoms with Crippen LogP contribution in [0.2, 0.25) is 0 Å². The number of pyridine rings is 1. The zero-order chi connectivity index (χ0) is 24.5. The quantitative estimate of drug-likeness (QED) is 0.389. The summed E-state index contributed by atoms with van der Waals surface area (Å²) < 4.78 is 5.66. The molecule has 0 saturated carbocycles. The van der Waals surface area contributed by atoms with Gasteiger partial charge in [0.1, 0.15) is 5.75 Å². The number of amides is 1. The molecule has 5 heteroatoms. The van der Waals surface area contributed by atoms with Crippen LogP contribution in [0.5, 0.6) is 5.75 Å². The summed E-state index contributed by atoms with van der Waals surface area (Å²) in [6.45, 7) is 5.70. The number of aryl methyl sites for hydroxylation is 3. The Bertz CT molecular complexity index is 1060. The molecule has 1 aromatic heterocycles. The van der Waals surface area contributed by atoms with Crippen molar-refractivity contribution >= 4 is 6.09 Å². The molecule has 0 unspecified atom stereocenters. The molecule has 0 spiro atoms. The van der Waals surface area contributed by atoms with Gasteiger partial charge in [-0.2, -0.15) is 0 Å². The molecule has 2 aromatic carbocycles. The molecule has 5 nitrogen and oxygen atoms in total. The van der Waals surface area contributed by atoms with Crippen molar-refractivity contribution in [1.29, 1.82) is 0 Å². The molecule has 0 N–H and O–H groups in total. The van der Waals surface area contributed by atoms with E-state index in [0.29, 0.717) is 11.7 Å². The molecule has 0 bridgehead atoms. The predicted octanol–water partition coefficient (Wildman–Crippen LogP) is 5.91. The largest absolute Gasteiger partial charge is 0.415 e. The molecule has 1 aliphatic heterocycles. The molecule has 0 aliphatic carbocycles. The zero-order valence-electron chi connectivity index (χ0n) is 21.0. The van der Waals surface area contributed by atoms with Crippen molar-refractivity contribution in [2.45, 2.75) is 45.6 Å². The lowest BCUT2D eigenvalue weighted by molar-refractivity contribution is 0.126. The van der Waals surface area contributed by atoms with E-state index in [4.69, 9.17) is 4.74 Å². The summed E-state index contributed by atoms with van der Waals surface area (Å²) in [6.07, 6.45) is 6.69. The van der Waals surface area contributed by atoms with E-state index in [0.717, 1.165) is 57.6 Å². The molecule has 4 rings (SSSR count). The van der Waals surface area contributed by atoms with Crippen molar-refractivity contribution in [2.24, 2.45) is 5.92 Å². The van der Waals surface area contributed by atoms with Gasteiger partial charge in [-0.1, -0.05) is 48.5 Å². The molecule has 1 fully saturated rings. The number of benzene rings is 2. The van der Waals surface area contributed by atoms with E-state index in [1.165, 1.54) is 23.1 Å². The molecule has 0 atom stereocenters. The molecular weight excluding hydrogens is 434 g/mol. The fraction of sp³-hybridized carbons (Fsp3) is 0.400. The van der Waals surface area contributed by atoms with E-state index >= 15 is 0 Å². The maximum atomic E-state index is 12.7. The third kappa shape index (κ3) is 7.66. The van der Waals surface area contributed by atoms with Crippen molar-refractivity contribution in [2.75, 3.05) is 26.7 Å². The number of carbonyl (C=O) groups excluding carboxylic acids is 1. The van der Waals surface area contributed by atoms with E-state index < -0.39 is 0 Å². The maximum absolute atomic E-state index is 12.7. The minimum absolute atomic E-state index is 0.235. The smallest absolute Gasteiger partial charge is 0.410 e. The second-order valence-corrected chi connectivity index (χ2v) is 9.72.